The molecule has 0 amide bonds. The van der Waals surface area contributed by atoms with Gasteiger partial charge in [-0.3, -0.25) is 4.99 Å². The number of hydrogen-bond donors (Lipinski definition) is 1. The van der Waals surface area contributed by atoms with Crippen LogP contribution in [0.25, 0.3) is 0 Å². The summed E-state index contributed by atoms with van der Waals surface area (Å²) in [7, 11) is 0. The molecule has 1 aliphatic rings. The highest BCUT2D eigenvalue weighted by molar-refractivity contribution is 6.01. The third-order valence-electron chi connectivity index (χ3n) is 2.16. The van der Waals surface area contributed by atoms with E-state index in [1.807, 2.05) is 0 Å². The van der Waals surface area contributed by atoms with Crippen LogP contribution < -0.4 is 5.32 Å². The highest BCUT2D eigenvalue weighted by Gasteiger charge is 2.34. The zero-order valence-corrected chi connectivity index (χ0v) is 7.80. The lowest BCUT2D eigenvalue weighted by Gasteiger charge is -2.12. The summed E-state index contributed by atoms with van der Waals surface area (Å²) in [4.78, 5) is 3.99. The Balaban J connectivity index is 2.47. The summed E-state index contributed by atoms with van der Waals surface area (Å²) in [6.07, 6.45) is -4.33. The molecule has 0 spiro atoms. The minimum Gasteiger partial charge on any atom is -0.368 e. The van der Waals surface area contributed by atoms with Crippen molar-refractivity contribution in [3.05, 3.63) is 35.4 Å². The van der Waals surface area contributed by atoms with E-state index in [2.05, 4.69) is 10.3 Å². The molecule has 0 atom stereocenters. The molecule has 1 N–H and O–H groups in total. The first-order valence-electron chi connectivity index (χ1n) is 4.54. The lowest BCUT2D eigenvalue weighted by atomic mass is 10.1. The molecule has 15 heavy (non-hydrogen) atoms. The van der Waals surface area contributed by atoms with Gasteiger partial charge in [-0.15, -0.1) is 0 Å². The maximum absolute atomic E-state index is 12.6. The van der Waals surface area contributed by atoms with Gasteiger partial charge in [-0.05, 0) is 6.07 Å². The third kappa shape index (κ3) is 1.95. The Labute approximate surface area is 84.8 Å². The van der Waals surface area contributed by atoms with Crippen molar-refractivity contribution in [2.45, 2.75) is 6.18 Å². The van der Waals surface area contributed by atoms with Crippen LogP contribution in [0.15, 0.2) is 29.3 Å². The van der Waals surface area contributed by atoms with E-state index in [-0.39, 0.29) is 5.56 Å². The van der Waals surface area contributed by atoms with Gasteiger partial charge in [0, 0.05) is 12.1 Å². The molecule has 0 aliphatic carbocycles. The summed E-state index contributed by atoms with van der Waals surface area (Å²) in [5, 5.41) is 2.84. The lowest BCUT2D eigenvalue weighted by molar-refractivity contribution is -0.137. The summed E-state index contributed by atoms with van der Waals surface area (Å²) in [5.41, 5.74) is -0.513. The summed E-state index contributed by atoms with van der Waals surface area (Å²) in [6.45, 7) is 1.13. The van der Waals surface area contributed by atoms with Crippen LogP contribution in [0.5, 0.6) is 0 Å². The first-order chi connectivity index (χ1) is 7.09. The Morgan fingerprint density at radius 2 is 1.93 bits per heavy atom. The van der Waals surface area contributed by atoms with Crippen molar-refractivity contribution in [1.82, 2.24) is 5.32 Å². The SMILES string of the molecule is FC(F)(F)c1ccccc1C1=NCCN1. The van der Waals surface area contributed by atoms with Crippen LogP contribution in [0.1, 0.15) is 11.1 Å². The van der Waals surface area contributed by atoms with E-state index < -0.39 is 11.7 Å². The first kappa shape index (κ1) is 10.0. The fourth-order valence-corrected chi connectivity index (χ4v) is 1.52. The van der Waals surface area contributed by atoms with E-state index in [0.29, 0.717) is 18.9 Å². The van der Waals surface area contributed by atoms with Gasteiger partial charge < -0.3 is 5.32 Å². The Kier molecular flexibility index (Phi) is 2.38. The molecule has 0 unspecified atom stereocenters. The zero-order valence-electron chi connectivity index (χ0n) is 7.80. The van der Waals surface area contributed by atoms with Gasteiger partial charge >= 0.3 is 6.18 Å². The van der Waals surface area contributed by atoms with Gasteiger partial charge in [-0.1, -0.05) is 18.2 Å². The van der Waals surface area contributed by atoms with Crippen LogP contribution in [0.2, 0.25) is 0 Å². The molecule has 0 aromatic heterocycles. The van der Waals surface area contributed by atoms with E-state index in [0.717, 1.165) is 6.07 Å². The second-order valence-corrected chi connectivity index (χ2v) is 3.20. The number of rotatable bonds is 1. The fraction of sp³-hybridized carbons (Fsp3) is 0.300. The standard InChI is InChI=1S/C10H9F3N2/c11-10(12,13)8-4-2-1-3-7(8)9-14-5-6-15-9/h1-4H,5-6H2,(H,14,15). The smallest absolute Gasteiger partial charge is 0.368 e. The van der Waals surface area contributed by atoms with Crippen molar-refractivity contribution >= 4 is 5.84 Å². The molecule has 1 heterocycles. The molecule has 80 valence electrons. The monoisotopic (exact) mass is 214 g/mol. The van der Waals surface area contributed by atoms with E-state index >= 15 is 0 Å². The molecule has 5 heteroatoms. The number of hydrogen-bond acceptors (Lipinski definition) is 2. The maximum atomic E-state index is 12.6. The molecule has 1 aliphatic heterocycles. The normalized spacial score (nSPS) is 16.1. The second kappa shape index (κ2) is 3.56. The Morgan fingerprint density at radius 1 is 1.20 bits per heavy atom. The van der Waals surface area contributed by atoms with Crippen molar-refractivity contribution in [3.63, 3.8) is 0 Å². The van der Waals surface area contributed by atoms with Crippen LogP contribution in [0, 0.1) is 0 Å². The summed E-state index contributed by atoms with van der Waals surface area (Å²) in [6, 6.07) is 5.45. The number of nitrogens with zero attached hydrogens (tertiary/aromatic N) is 1. The highest BCUT2D eigenvalue weighted by atomic mass is 19.4. The zero-order chi connectivity index (χ0) is 10.9. The van der Waals surface area contributed by atoms with Crippen LogP contribution in [-0.4, -0.2) is 18.9 Å². The Bertz CT molecular complexity index is 396. The lowest BCUT2D eigenvalue weighted by Crippen LogP contribution is -2.23. The van der Waals surface area contributed by atoms with Crippen molar-refractivity contribution in [1.29, 1.82) is 0 Å². The molecule has 0 bridgehead atoms. The number of alkyl halides is 3. The number of amidine groups is 1. The molecule has 0 saturated carbocycles. The minimum absolute atomic E-state index is 0.127. The van der Waals surface area contributed by atoms with Gasteiger partial charge in [-0.25, -0.2) is 0 Å². The molecular weight excluding hydrogens is 205 g/mol. The van der Waals surface area contributed by atoms with Crippen LogP contribution in [0.4, 0.5) is 13.2 Å². The maximum Gasteiger partial charge on any atom is 0.417 e. The van der Waals surface area contributed by atoms with E-state index in [4.69, 9.17) is 0 Å². The number of benzene rings is 1. The van der Waals surface area contributed by atoms with Gasteiger partial charge in [0.1, 0.15) is 5.84 Å². The van der Waals surface area contributed by atoms with Crippen LogP contribution in [0.3, 0.4) is 0 Å². The third-order valence-corrected chi connectivity index (χ3v) is 2.16. The molecule has 0 saturated heterocycles. The number of aliphatic imine (C=N–C) groups is 1. The number of halogens is 3. The van der Waals surface area contributed by atoms with Crippen molar-refractivity contribution in [3.8, 4) is 0 Å². The van der Waals surface area contributed by atoms with Gasteiger partial charge in [-0.2, -0.15) is 13.2 Å². The Morgan fingerprint density at radius 3 is 2.53 bits per heavy atom. The predicted octanol–water partition coefficient (Wildman–Crippen LogP) is 2.06. The van der Waals surface area contributed by atoms with Gasteiger partial charge in [0.2, 0.25) is 0 Å². The summed E-state index contributed by atoms with van der Waals surface area (Å²) < 4.78 is 37.9. The van der Waals surface area contributed by atoms with Gasteiger partial charge in [0.25, 0.3) is 0 Å². The first-order valence-corrected chi connectivity index (χ1v) is 4.54. The fourth-order valence-electron chi connectivity index (χ4n) is 1.52. The summed E-state index contributed by atoms with van der Waals surface area (Å²) in [5.74, 6) is 0.336. The van der Waals surface area contributed by atoms with Gasteiger partial charge in [0.05, 0.1) is 12.1 Å². The van der Waals surface area contributed by atoms with E-state index in [9.17, 15) is 13.2 Å². The Hall–Kier alpha value is -1.52. The topological polar surface area (TPSA) is 24.4 Å². The average molecular weight is 214 g/mol. The molecule has 1 aromatic rings. The molecular formula is C10H9F3N2. The molecule has 1 aromatic carbocycles. The van der Waals surface area contributed by atoms with E-state index in [1.54, 1.807) is 6.07 Å². The van der Waals surface area contributed by atoms with Crippen LogP contribution >= 0.6 is 0 Å². The second-order valence-electron chi connectivity index (χ2n) is 3.20. The van der Waals surface area contributed by atoms with Crippen molar-refractivity contribution < 1.29 is 13.2 Å². The largest absolute Gasteiger partial charge is 0.417 e. The predicted molar refractivity (Wildman–Crippen MR) is 50.9 cm³/mol. The van der Waals surface area contributed by atoms with Crippen molar-refractivity contribution in [2.24, 2.45) is 4.99 Å². The van der Waals surface area contributed by atoms with E-state index in [1.165, 1.54) is 12.1 Å². The molecule has 2 rings (SSSR count). The molecule has 0 radical (unpaired) electrons. The molecule has 0 fully saturated rings. The number of nitrogens with one attached hydrogen (secondary N) is 1. The summed E-state index contributed by atoms with van der Waals surface area (Å²) >= 11 is 0. The van der Waals surface area contributed by atoms with Crippen molar-refractivity contribution in [2.75, 3.05) is 13.1 Å². The van der Waals surface area contributed by atoms with Crippen LogP contribution in [-0.2, 0) is 6.18 Å². The quantitative estimate of drug-likeness (QED) is 0.760. The average Bonchev–Trinajstić information content (AvgIpc) is 2.69. The molecule has 2 nitrogen and oxygen atoms in total. The highest BCUT2D eigenvalue weighted by Crippen LogP contribution is 2.32. The van der Waals surface area contributed by atoms with Gasteiger partial charge in [0.15, 0.2) is 0 Å². The minimum atomic E-state index is -4.33.